The van der Waals surface area contributed by atoms with E-state index in [9.17, 15) is 9.59 Å². The zero-order valence-corrected chi connectivity index (χ0v) is 14.5. The summed E-state index contributed by atoms with van der Waals surface area (Å²) in [4.78, 5) is 35.2. The molecule has 1 N–H and O–H groups in total. The normalized spacial score (nSPS) is 10.7. The van der Waals surface area contributed by atoms with Gasteiger partial charge in [-0.05, 0) is 26.0 Å². The van der Waals surface area contributed by atoms with Crippen molar-refractivity contribution in [3.63, 3.8) is 0 Å². The minimum atomic E-state index is -0.518. The van der Waals surface area contributed by atoms with Gasteiger partial charge < -0.3 is 14.6 Å². The van der Waals surface area contributed by atoms with Crippen LogP contribution >= 0.6 is 0 Å². The van der Waals surface area contributed by atoms with Gasteiger partial charge in [0.15, 0.2) is 11.2 Å². The minimum Gasteiger partial charge on any atom is -0.451 e. The molecule has 3 rings (SSSR count). The zero-order valence-electron chi connectivity index (χ0n) is 14.5. The topological polar surface area (TPSA) is 88.3 Å². The monoisotopic (exact) mass is 338 g/mol. The molecule has 0 radical (unpaired) electrons. The summed E-state index contributed by atoms with van der Waals surface area (Å²) < 4.78 is 5.56. The van der Waals surface area contributed by atoms with Crippen molar-refractivity contribution >= 4 is 28.5 Å². The molecule has 0 aliphatic rings. The van der Waals surface area contributed by atoms with Crippen LogP contribution in [0.4, 0.5) is 11.6 Å². The Morgan fingerprint density at radius 3 is 2.40 bits per heavy atom. The number of nitrogens with one attached hydrogen (secondary N) is 1. The largest absolute Gasteiger partial charge is 0.451 e. The van der Waals surface area contributed by atoms with E-state index in [1.807, 2.05) is 14.1 Å². The van der Waals surface area contributed by atoms with E-state index in [0.29, 0.717) is 34.0 Å². The van der Waals surface area contributed by atoms with E-state index < -0.39 is 5.91 Å². The van der Waals surface area contributed by atoms with E-state index >= 15 is 0 Å². The van der Waals surface area contributed by atoms with Crippen LogP contribution in [0.5, 0.6) is 0 Å². The first kappa shape index (κ1) is 16.6. The molecule has 0 aliphatic heterocycles. The smallest absolute Gasteiger partial charge is 0.291 e. The first-order valence-corrected chi connectivity index (χ1v) is 7.73. The van der Waals surface area contributed by atoms with Gasteiger partial charge in [-0.2, -0.15) is 0 Å². The Kier molecular flexibility index (Phi) is 4.22. The molecule has 0 atom stereocenters. The number of hydrogen-bond acceptors (Lipinski definition) is 6. The Morgan fingerprint density at radius 1 is 1.12 bits per heavy atom. The SMILES string of the molecule is Cc1nc(N(C)C)nc(C)c1NC(=O)c1cc(=O)c2ccccc2o1. The third-order valence-corrected chi connectivity index (χ3v) is 3.76. The van der Waals surface area contributed by atoms with E-state index in [4.69, 9.17) is 4.42 Å². The highest BCUT2D eigenvalue weighted by Crippen LogP contribution is 2.21. The van der Waals surface area contributed by atoms with Gasteiger partial charge in [-0.15, -0.1) is 0 Å². The maximum absolute atomic E-state index is 12.5. The lowest BCUT2D eigenvalue weighted by atomic mass is 10.2. The van der Waals surface area contributed by atoms with E-state index in [0.717, 1.165) is 0 Å². The second-order valence-electron chi connectivity index (χ2n) is 5.89. The second-order valence-corrected chi connectivity index (χ2v) is 5.89. The first-order valence-electron chi connectivity index (χ1n) is 7.73. The van der Waals surface area contributed by atoms with Gasteiger partial charge in [0.2, 0.25) is 5.95 Å². The lowest BCUT2D eigenvalue weighted by Gasteiger charge is -2.15. The number of para-hydroxylation sites is 1. The van der Waals surface area contributed by atoms with Gasteiger partial charge in [-0.25, -0.2) is 9.97 Å². The van der Waals surface area contributed by atoms with Crippen molar-refractivity contribution in [3.8, 4) is 0 Å². The summed E-state index contributed by atoms with van der Waals surface area (Å²) in [6.45, 7) is 3.57. The summed E-state index contributed by atoms with van der Waals surface area (Å²) in [5.41, 5.74) is 1.87. The van der Waals surface area contributed by atoms with Crippen LogP contribution in [0, 0.1) is 13.8 Å². The molecule has 0 fully saturated rings. The summed E-state index contributed by atoms with van der Waals surface area (Å²) in [7, 11) is 3.69. The van der Waals surface area contributed by atoms with Crippen molar-refractivity contribution in [2.24, 2.45) is 0 Å². The van der Waals surface area contributed by atoms with Gasteiger partial charge in [0, 0.05) is 20.2 Å². The number of benzene rings is 1. The van der Waals surface area contributed by atoms with Crippen LogP contribution in [0.2, 0.25) is 0 Å². The fourth-order valence-corrected chi connectivity index (χ4v) is 2.47. The molecule has 0 saturated heterocycles. The van der Waals surface area contributed by atoms with E-state index in [-0.39, 0.29) is 11.2 Å². The van der Waals surface area contributed by atoms with E-state index in [1.54, 1.807) is 43.0 Å². The van der Waals surface area contributed by atoms with Crippen molar-refractivity contribution in [1.82, 2.24) is 9.97 Å². The fraction of sp³-hybridized carbons (Fsp3) is 0.222. The molecule has 3 aromatic rings. The lowest BCUT2D eigenvalue weighted by molar-refractivity contribution is 0.0997. The van der Waals surface area contributed by atoms with Crippen molar-refractivity contribution in [2.45, 2.75) is 13.8 Å². The van der Waals surface area contributed by atoms with Crippen molar-refractivity contribution < 1.29 is 9.21 Å². The Labute approximate surface area is 144 Å². The molecule has 0 saturated carbocycles. The molecule has 2 aromatic heterocycles. The Balaban J connectivity index is 1.97. The number of anilines is 2. The highest BCUT2D eigenvalue weighted by molar-refractivity contribution is 6.03. The molecule has 2 heterocycles. The standard InChI is InChI=1S/C18H18N4O3/c1-10-16(11(2)20-18(19-10)22(3)4)21-17(24)15-9-13(23)12-7-5-6-8-14(12)25-15/h5-9H,1-4H3,(H,21,24). The van der Waals surface area contributed by atoms with Gasteiger partial charge in [-0.1, -0.05) is 12.1 Å². The predicted octanol–water partition coefficient (Wildman–Crippen LogP) is 2.52. The number of hydrogen-bond donors (Lipinski definition) is 1. The molecular formula is C18H18N4O3. The quantitative estimate of drug-likeness (QED) is 0.789. The molecule has 7 nitrogen and oxygen atoms in total. The van der Waals surface area contributed by atoms with Gasteiger partial charge in [-0.3, -0.25) is 9.59 Å². The van der Waals surface area contributed by atoms with Crippen LogP contribution in [0.1, 0.15) is 21.9 Å². The number of carbonyl (C=O) groups is 1. The average Bonchev–Trinajstić information content (AvgIpc) is 2.57. The fourth-order valence-electron chi connectivity index (χ4n) is 2.47. The van der Waals surface area contributed by atoms with Crippen molar-refractivity contribution in [3.05, 3.63) is 57.7 Å². The Morgan fingerprint density at radius 2 is 1.76 bits per heavy atom. The Bertz CT molecular complexity index is 1000. The summed E-state index contributed by atoms with van der Waals surface area (Å²) in [6, 6.07) is 7.99. The lowest BCUT2D eigenvalue weighted by Crippen LogP contribution is -2.19. The highest BCUT2D eigenvalue weighted by Gasteiger charge is 2.17. The maximum atomic E-state index is 12.5. The van der Waals surface area contributed by atoms with Crippen LogP contribution in [-0.2, 0) is 0 Å². The number of carbonyl (C=O) groups excluding carboxylic acids is 1. The number of nitrogens with zero attached hydrogens (tertiary/aromatic N) is 3. The summed E-state index contributed by atoms with van der Waals surface area (Å²) in [5, 5.41) is 3.17. The predicted molar refractivity (Wildman–Crippen MR) is 96.3 cm³/mol. The van der Waals surface area contributed by atoms with Crippen LogP contribution in [0.3, 0.4) is 0 Å². The second kappa shape index (κ2) is 6.35. The molecular weight excluding hydrogens is 320 g/mol. The van der Waals surface area contributed by atoms with Gasteiger partial charge >= 0.3 is 0 Å². The Hall–Kier alpha value is -3.22. The summed E-state index contributed by atoms with van der Waals surface area (Å²) in [6.07, 6.45) is 0. The maximum Gasteiger partial charge on any atom is 0.291 e. The molecule has 25 heavy (non-hydrogen) atoms. The molecule has 128 valence electrons. The number of aromatic nitrogens is 2. The summed E-state index contributed by atoms with van der Waals surface area (Å²) in [5.74, 6) is -0.0142. The number of aryl methyl sites for hydroxylation is 2. The molecule has 0 bridgehead atoms. The molecule has 0 aliphatic carbocycles. The zero-order chi connectivity index (χ0) is 18.1. The number of fused-ring (bicyclic) bond motifs is 1. The minimum absolute atomic E-state index is 0.0563. The molecule has 0 spiro atoms. The van der Waals surface area contributed by atoms with E-state index in [2.05, 4.69) is 15.3 Å². The highest BCUT2D eigenvalue weighted by atomic mass is 16.3. The number of amides is 1. The van der Waals surface area contributed by atoms with Crippen LogP contribution < -0.4 is 15.6 Å². The van der Waals surface area contributed by atoms with Crippen LogP contribution in [0.25, 0.3) is 11.0 Å². The summed E-state index contributed by atoms with van der Waals surface area (Å²) >= 11 is 0. The van der Waals surface area contributed by atoms with Crippen molar-refractivity contribution in [2.75, 3.05) is 24.3 Å². The molecule has 7 heteroatoms. The van der Waals surface area contributed by atoms with Gasteiger partial charge in [0.1, 0.15) is 5.58 Å². The van der Waals surface area contributed by atoms with Crippen LogP contribution in [-0.4, -0.2) is 30.0 Å². The van der Waals surface area contributed by atoms with Crippen molar-refractivity contribution in [1.29, 1.82) is 0 Å². The molecule has 1 amide bonds. The number of rotatable bonds is 3. The van der Waals surface area contributed by atoms with Crippen LogP contribution in [0.15, 0.2) is 39.5 Å². The van der Waals surface area contributed by atoms with Gasteiger partial charge in [0.25, 0.3) is 5.91 Å². The molecule has 0 unspecified atom stereocenters. The molecule has 1 aromatic carbocycles. The first-order chi connectivity index (χ1) is 11.9. The van der Waals surface area contributed by atoms with Gasteiger partial charge in [0.05, 0.1) is 22.5 Å². The third-order valence-electron chi connectivity index (χ3n) is 3.76. The third kappa shape index (κ3) is 3.21. The average molecular weight is 338 g/mol. The van der Waals surface area contributed by atoms with E-state index in [1.165, 1.54) is 6.07 Å².